The van der Waals surface area contributed by atoms with E-state index in [0.29, 0.717) is 34.6 Å². The van der Waals surface area contributed by atoms with E-state index in [0.717, 1.165) is 17.0 Å². The minimum Gasteiger partial charge on any atom is -0.489 e. The fourth-order valence-electron chi connectivity index (χ4n) is 3.10. The summed E-state index contributed by atoms with van der Waals surface area (Å²) in [4.78, 5) is 16.9. The molecule has 160 valence electrons. The Labute approximate surface area is 188 Å². The van der Waals surface area contributed by atoms with E-state index in [4.69, 9.17) is 14.2 Å². The summed E-state index contributed by atoms with van der Waals surface area (Å²) >= 11 is 1.35. The molecule has 3 aromatic carbocycles. The fourth-order valence-corrected chi connectivity index (χ4v) is 3.81. The number of anilines is 3. The van der Waals surface area contributed by atoms with E-state index in [9.17, 15) is 4.79 Å². The number of fused-ring (bicyclic) bond motifs is 1. The molecule has 32 heavy (non-hydrogen) atoms. The normalized spacial score (nSPS) is 11.8. The van der Waals surface area contributed by atoms with Gasteiger partial charge < -0.3 is 24.8 Å². The summed E-state index contributed by atoms with van der Waals surface area (Å²) in [6, 6.07) is 22.7. The highest BCUT2D eigenvalue weighted by molar-refractivity contribution is 7.14. The summed E-state index contributed by atoms with van der Waals surface area (Å²) in [7, 11) is 0. The van der Waals surface area contributed by atoms with E-state index in [1.807, 2.05) is 60.7 Å². The van der Waals surface area contributed by atoms with Crippen molar-refractivity contribution in [2.45, 2.75) is 6.61 Å². The molecule has 1 aliphatic heterocycles. The second kappa shape index (κ2) is 8.99. The van der Waals surface area contributed by atoms with E-state index in [1.165, 1.54) is 11.3 Å². The summed E-state index contributed by atoms with van der Waals surface area (Å²) in [6.45, 7) is 0.713. The van der Waals surface area contributed by atoms with Gasteiger partial charge in [-0.05, 0) is 42.0 Å². The lowest BCUT2D eigenvalue weighted by Gasteiger charge is -2.08. The number of nitrogens with one attached hydrogen (secondary N) is 2. The van der Waals surface area contributed by atoms with Crippen molar-refractivity contribution in [3.8, 4) is 17.2 Å². The number of carbonyl (C=O) groups is 1. The van der Waals surface area contributed by atoms with Gasteiger partial charge in [-0.2, -0.15) is 0 Å². The van der Waals surface area contributed by atoms with Crippen LogP contribution in [0, 0.1) is 0 Å². The van der Waals surface area contributed by atoms with E-state index < -0.39 is 0 Å². The molecule has 8 heteroatoms. The Morgan fingerprint density at radius 2 is 1.75 bits per heavy atom. The van der Waals surface area contributed by atoms with Crippen molar-refractivity contribution in [3.63, 3.8) is 0 Å². The van der Waals surface area contributed by atoms with Crippen LogP contribution in [-0.4, -0.2) is 17.7 Å². The summed E-state index contributed by atoms with van der Waals surface area (Å²) in [5.41, 5.74) is 2.91. The Morgan fingerprint density at radius 1 is 0.969 bits per heavy atom. The Bertz CT molecular complexity index is 1230. The maximum atomic E-state index is 12.6. The molecule has 0 saturated heterocycles. The first-order valence-corrected chi connectivity index (χ1v) is 10.8. The van der Waals surface area contributed by atoms with Gasteiger partial charge in [0.15, 0.2) is 16.6 Å². The van der Waals surface area contributed by atoms with Crippen LogP contribution in [0.2, 0.25) is 0 Å². The lowest BCUT2D eigenvalue weighted by molar-refractivity contribution is 0.102. The zero-order valence-corrected chi connectivity index (χ0v) is 17.7. The van der Waals surface area contributed by atoms with Crippen LogP contribution in [-0.2, 0) is 6.61 Å². The molecule has 0 atom stereocenters. The van der Waals surface area contributed by atoms with E-state index in [1.54, 1.807) is 17.5 Å². The number of nitrogens with zero attached hydrogens (tertiary/aromatic N) is 1. The first-order valence-electron chi connectivity index (χ1n) is 9.93. The highest BCUT2D eigenvalue weighted by Crippen LogP contribution is 2.35. The molecule has 2 N–H and O–H groups in total. The molecular formula is C24H19N3O4S. The van der Waals surface area contributed by atoms with Crippen molar-refractivity contribution >= 4 is 33.8 Å². The molecule has 0 radical (unpaired) electrons. The van der Waals surface area contributed by atoms with Gasteiger partial charge in [0.1, 0.15) is 18.1 Å². The number of thiazole rings is 1. The lowest BCUT2D eigenvalue weighted by atomic mass is 10.2. The van der Waals surface area contributed by atoms with Crippen LogP contribution in [0.3, 0.4) is 0 Å². The van der Waals surface area contributed by atoms with Crippen molar-refractivity contribution in [2.24, 2.45) is 0 Å². The van der Waals surface area contributed by atoms with Crippen LogP contribution in [0.1, 0.15) is 16.1 Å². The highest BCUT2D eigenvalue weighted by atomic mass is 32.1. The van der Waals surface area contributed by atoms with Gasteiger partial charge in [-0.25, -0.2) is 4.98 Å². The SMILES string of the molecule is O=C(Nc1ccc(OCc2ccccc2)cc1)c1csc(Nc2ccc3c(c2)OCO3)n1. The van der Waals surface area contributed by atoms with Gasteiger partial charge in [0.25, 0.3) is 5.91 Å². The zero-order chi connectivity index (χ0) is 21.8. The molecule has 0 unspecified atom stereocenters. The molecule has 0 spiro atoms. The number of hydrogen-bond donors (Lipinski definition) is 2. The van der Waals surface area contributed by atoms with E-state index >= 15 is 0 Å². The van der Waals surface area contributed by atoms with Gasteiger partial charge in [-0.3, -0.25) is 4.79 Å². The molecular weight excluding hydrogens is 426 g/mol. The van der Waals surface area contributed by atoms with Crippen LogP contribution in [0.5, 0.6) is 17.2 Å². The maximum absolute atomic E-state index is 12.6. The Morgan fingerprint density at radius 3 is 2.59 bits per heavy atom. The lowest BCUT2D eigenvalue weighted by Crippen LogP contribution is -2.12. The summed E-state index contributed by atoms with van der Waals surface area (Å²) in [5, 5.41) is 8.36. The number of carbonyl (C=O) groups excluding carboxylic acids is 1. The fraction of sp³-hybridized carbons (Fsp3) is 0.0833. The van der Waals surface area contributed by atoms with Gasteiger partial charge >= 0.3 is 0 Å². The van der Waals surface area contributed by atoms with Crippen LogP contribution in [0.25, 0.3) is 0 Å². The molecule has 0 aliphatic carbocycles. The minimum atomic E-state index is -0.280. The summed E-state index contributed by atoms with van der Waals surface area (Å²) < 4.78 is 16.5. The Kier molecular flexibility index (Phi) is 5.59. The number of hydrogen-bond acceptors (Lipinski definition) is 7. The molecule has 4 aromatic rings. The maximum Gasteiger partial charge on any atom is 0.275 e. The van der Waals surface area contributed by atoms with E-state index in [-0.39, 0.29) is 12.7 Å². The molecule has 1 amide bonds. The molecule has 0 fully saturated rings. The third-order valence-electron chi connectivity index (χ3n) is 4.72. The molecule has 1 aromatic heterocycles. The van der Waals surface area contributed by atoms with Crippen LogP contribution in [0.4, 0.5) is 16.5 Å². The number of aromatic nitrogens is 1. The average Bonchev–Trinajstić information content (AvgIpc) is 3.49. The monoisotopic (exact) mass is 445 g/mol. The molecule has 2 heterocycles. The average molecular weight is 446 g/mol. The van der Waals surface area contributed by atoms with Gasteiger partial charge in [0.05, 0.1) is 0 Å². The zero-order valence-electron chi connectivity index (χ0n) is 16.9. The van der Waals surface area contributed by atoms with Crippen molar-refractivity contribution in [2.75, 3.05) is 17.4 Å². The second-order valence-corrected chi connectivity index (χ2v) is 7.84. The molecule has 0 saturated carbocycles. The standard InChI is InChI=1S/C24H19N3O4S/c28-23(25-17-6-9-19(10-7-17)29-13-16-4-2-1-3-5-16)20-14-32-24(27-20)26-18-8-11-21-22(12-18)31-15-30-21/h1-12,14H,13,15H2,(H,25,28)(H,26,27). The predicted molar refractivity (Wildman–Crippen MR) is 123 cm³/mol. The number of amides is 1. The first-order chi connectivity index (χ1) is 15.7. The van der Waals surface area contributed by atoms with Crippen LogP contribution >= 0.6 is 11.3 Å². The third kappa shape index (κ3) is 4.65. The molecule has 7 nitrogen and oxygen atoms in total. The van der Waals surface area contributed by atoms with Gasteiger partial charge in [0.2, 0.25) is 6.79 Å². The Balaban J connectivity index is 1.17. The minimum absolute atomic E-state index is 0.223. The molecule has 0 bridgehead atoms. The van der Waals surface area contributed by atoms with Crippen molar-refractivity contribution in [1.29, 1.82) is 0 Å². The topological polar surface area (TPSA) is 81.7 Å². The summed E-state index contributed by atoms with van der Waals surface area (Å²) in [5.74, 6) is 1.85. The Hall–Kier alpha value is -4.04. The smallest absolute Gasteiger partial charge is 0.275 e. The van der Waals surface area contributed by atoms with E-state index in [2.05, 4.69) is 15.6 Å². The van der Waals surface area contributed by atoms with Gasteiger partial charge in [-0.1, -0.05) is 30.3 Å². The van der Waals surface area contributed by atoms with Gasteiger partial charge in [-0.15, -0.1) is 11.3 Å². The van der Waals surface area contributed by atoms with Crippen molar-refractivity contribution in [1.82, 2.24) is 4.98 Å². The van der Waals surface area contributed by atoms with Crippen LogP contribution in [0.15, 0.2) is 78.2 Å². The first kappa shape index (κ1) is 19.9. The molecule has 1 aliphatic rings. The highest BCUT2D eigenvalue weighted by Gasteiger charge is 2.15. The van der Waals surface area contributed by atoms with Gasteiger partial charge in [0, 0.05) is 22.8 Å². The largest absolute Gasteiger partial charge is 0.489 e. The number of rotatable bonds is 7. The number of benzene rings is 3. The quantitative estimate of drug-likeness (QED) is 0.394. The molecule has 5 rings (SSSR count). The second-order valence-electron chi connectivity index (χ2n) is 6.98. The van der Waals surface area contributed by atoms with Crippen LogP contribution < -0.4 is 24.8 Å². The summed E-state index contributed by atoms with van der Waals surface area (Å²) in [6.07, 6.45) is 0. The van der Waals surface area contributed by atoms with Crippen molar-refractivity contribution in [3.05, 3.63) is 89.4 Å². The number of ether oxygens (including phenoxy) is 3. The third-order valence-corrected chi connectivity index (χ3v) is 5.48. The predicted octanol–water partition coefficient (Wildman–Crippen LogP) is 5.45. The van der Waals surface area contributed by atoms with Crippen molar-refractivity contribution < 1.29 is 19.0 Å².